The van der Waals surface area contributed by atoms with Crippen molar-refractivity contribution in [3.63, 3.8) is 0 Å². The van der Waals surface area contributed by atoms with E-state index in [0.717, 1.165) is 19.4 Å². The van der Waals surface area contributed by atoms with Gasteiger partial charge in [-0.2, -0.15) is 4.98 Å². The van der Waals surface area contributed by atoms with Crippen molar-refractivity contribution in [2.75, 3.05) is 6.61 Å². The van der Waals surface area contributed by atoms with Crippen molar-refractivity contribution in [2.24, 2.45) is 0 Å². The third-order valence-corrected chi connectivity index (χ3v) is 2.76. The minimum Gasteiger partial charge on any atom is -0.385 e. The number of hydrogen-bond acceptors (Lipinski definition) is 5. The van der Waals surface area contributed by atoms with Crippen LogP contribution in [0.25, 0.3) is 0 Å². The number of ether oxygens (including phenoxy) is 1. The first-order valence-corrected chi connectivity index (χ1v) is 5.35. The first kappa shape index (κ1) is 10.6. The lowest BCUT2D eigenvalue weighted by Crippen LogP contribution is -2.13. The molecule has 0 amide bonds. The molecule has 5 heteroatoms. The number of nitrogens with zero attached hydrogens (tertiary/aromatic N) is 2. The van der Waals surface area contributed by atoms with Gasteiger partial charge in [-0.15, -0.1) is 0 Å². The summed E-state index contributed by atoms with van der Waals surface area (Å²) in [4.78, 5) is 4.18. The Morgan fingerprint density at radius 3 is 3.00 bits per heavy atom. The molecule has 1 aliphatic rings. The first-order chi connectivity index (χ1) is 7.22. The van der Waals surface area contributed by atoms with E-state index in [1.165, 1.54) is 0 Å². The molecule has 84 valence electrons. The Balaban J connectivity index is 2.14. The lowest BCUT2D eigenvalue weighted by molar-refractivity contribution is 0.0953. The standard InChI is InChI=1S/C10H16N2O3/c1-3-8-7(4-5-14-8)10-11-9(6(2)13)12-15-10/h6-8,13H,3-5H2,1-2H3. The zero-order valence-electron chi connectivity index (χ0n) is 9.01. The molecule has 15 heavy (non-hydrogen) atoms. The zero-order valence-corrected chi connectivity index (χ0v) is 9.01. The second-order valence-corrected chi connectivity index (χ2v) is 3.88. The van der Waals surface area contributed by atoms with Gasteiger partial charge >= 0.3 is 0 Å². The van der Waals surface area contributed by atoms with E-state index in [9.17, 15) is 5.11 Å². The number of aromatic nitrogens is 2. The molecule has 0 aliphatic carbocycles. The van der Waals surface area contributed by atoms with Gasteiger partial charge in [0.1, 0.15) is 6.10 Å². The molecule has 0 aromatic carbocycles. The Morgan fingerprint density at radius 1 is 1.60 bits per heavy atom. The fourth-order valence-electron chi connectivity index (χ4n) is 1.90. The Hall–Kier alpha value is -0.940. The van der Waals surface area contributed by atoms with Crippen LogP contribution in [0.4, 0.5) is 0 Å². The van der Waals surface area contributed by atoms with E-state index in [1.54, 1.807) is 6.92 Å². The number of hydrogen-bond donors (Lipinski definition) is 1. The largest absolute Gasteiger partial charge is 0.385 e. The Morgan fingerprint density at radius 2 is 2.40 bits per heavy atom. The van der Waals surface area contributed by atoms with Gasteiger partial charge in [-0.05, 0) is 19.8 Å². The van der Waals surface area contributed by atoms with E-state index in [4.69, 9.17) is 9.26 Å². The van der Waals surface area contributed by atoms with E-state index >= 15 is 0 Å². The third kappa shape index (κ3) is 2.03. The number of aliphatic hydroxyl groups excluding tert-OH is 1. The summed E-state index contributed by atoms with van der Waals surface area (Å²) < 4.78 is 10.7. The molecule has 2 rings (SSSR count). The van der Waals surface area contributed by atoms with Gasteiger partial charge in [0.2, 0.25) is 5.89 Å². The van der Waals surface area contributed by atoms with E-state index in [0.29, 0.717) is 11.7 Å². The van der Waals surface area contributed by atoms with Crippen LogP contribution in [0.2, 0.25) is 0 Å². The van der Waals surface area contributed by atoms with Gasteiger partial charge in [-0.25, -0.2) is 0 Å². The molecule has 1 aromatic heterocycles. The van der Waals surface area contributed by atoms with Crippen molar-refractivity contribution in [3.05, 3.63) is 11.7 Å². The Bertz CT molecular complexity index is 324. The summed E-state index contributed by atoms with van der Waals surface area (Å²) >= 11 is 0. The summed E-state index contributed by atoms with van der Waals surface area (Å²) in [5.74, 6) is 1.14. The van der Waals surface area contributed by atoms with Crippen molar-refractivity contribution in [3.8, 4) is 0 Å². The van der Waals surface area contributed by atoms with E-state index in [-0.39, 0.29) is 12.0 Å². The molecule has 1 fully saturated rings. The van der Waals surface area contributed by atoms with Gasteiger partial charge in [0, 0.05) is 6.61 Å². The van der Waals surface area contributed by atoms with Gasteiger partial charge < -0.3 is 14.4 Å². The molecule has 3 atom stereocenters. The first-order valence-electron chi connectivity index (χ1n) is 5.35. The molecule has 1 N–H and O–H groups in total. The fourth-order valence-corrected chi connectivity index (χ4v) is 1.90. The molecule has 0 bridgehead atoms. The normalized spacial score (nSPS) is 28.2. The second-order valence-electron chi connectivity index (χ2n) is 3.88. The van der Waals surface area contributed by atoms with E-state index < -0.39 is 6.10 Å². The highest BCUT2D eigenvalue weighted by Crippen LogP contribution is 2.32. The summed E-state index contributed by atoms with van der Waals surface area (Å²) in [6.45, 7) is 4.45. The SMILES string of the molecule is CCC1OCCC1c1nc(C(C)O)no1. The van der Waals surface area contributed by atoms with Crippen LogP contribution in [0.1, 0.15) is 50.4 Å². The van der Waals surface area contributed by atoms with Crippen molar-refractivity contribution in [2.45, 2.75) is 44.8 Å². The van der Waals surface area contributed by atoms with Crippen LogP contribution in [0.3, 0.4) is 0 Å². The molecule has 0 radical (unpaired) electrons. The molecule has 0 spiro atoms. The quantitative estimate of drug-likeness (QED) is 0.820. The molecule has 1 aromatic rings. The Labute approximate surface area is 88.4 Å². The maximum atomic E-state index is 9.29. The van der Waals surface area contributed by atoms with E-state index in [2.05, 4.69) is 17.1 Å². The highest BCUT2D eigenvalue weighted by atomic mass is 16.5. The van der Waals surface area contributed by atoms with Crippen LogP contribution in [0.5, 0.6) is 0 Å². The predicted molar refractivity (Wildman–Crippen MR) is 52.3 cm³/mol. The van der Waals surface area contributed by atoms with Crippen molar-refractivity contribution in [1.29, 1.82) is 0 Å². The monoisotopic (exact) mass is 212 g/mol. The van der Waals surface area contributed by atoms with Crippen LogP contribution >= 0.6 is 0 Å². The third-order valence-electron chi connectivity index (χ3n) is 2.76. The maximum absolute atomic E-state index is 9.29. The van der Waals surface area contributed by atoms with Crippen molar-refractivity contribution in [1.82, 2.24) is 10.1 Å². The molecular formula is C10H16N2O3. The van der Waals surface area contributed by atoms with Crippen LogP contribution in [0.15, 0.2) is 4.52 Å². The molecular weight excluding hydrogens is 196 g/mol. The topological polar surface area (TPSA) is 68.4 Å². The summed E-state index contributed by atoms with van der Waals surface area (Å²) in [6.07, 6.45) is 1.36. The van der Waals surface area contributed by atoms with Crippen molar-refractivity contribution < 1.29 is 14.4 Å². The van der Waals surface area contributed by atoms with Crippen LogP contribution in [-0.2, 0) is 4.74 Å². The zero-order chi connectivity index (χ0) is 10.8. The summed E-state index contributed by atoms with van der Waals surface area (Å²) in [5.41, 5.74) is 0. The molecule has 1 aliphatic heterocycles. The van der Waals surface area contributed by atoms with E-state index in [1.807, 2.05) is 0 Å². The Kier molecular flexibility index (Phi) is 3.02. The van der Waals surface area contributed by atoms with Gasteiger partial charge in [-0.3, -0.25) is 0 Å². The van der Waals surface area contributed by atoms with Gasteiger partial charge in [0.05, 0.1) is 12.0 Å². The van der Waals surface area contributed by atoms with Crippen LogP contribution in [-0.4, -0.2) is 28.0 Å². The lowest BCUT2D eigenvalue weighted by atomic mass is 10.00. The van der Waals surface area contributed by atoms with Crippen LogP contribution in [0, 0.1) is 0 Å². The molecule has 1 saturated heterocycles. The number of rotatable bonds is 3. The summed E-state index contributed by atoms with van der Waals surface area (Å²) in [6, 6.07) is 0. The second kappa shape index (κ2) is 4.28. The highest BCUT2D eigenvalue weighted by Gasteiger charge is 2.32. The van der Waals surface area contributed by atoms with Gasteiger partial charge in [0.25, 0.3) is 0 Å². The molecule has 2 heterocycles. The average Bonchev–Trinajstić information content (AvgIpc) is 2.85. The minimum absolute atomic E-state index is 0.173. The summed E-state index contributed by atoms with van der Waals surface area (Å²) in [5, 5.41) is 13.0. The summed E-state index contributed by atoms with van der Waals surface area (Å²) in [7, 11) is 0. The van der Waals surface area contributed by atoms with Crippen molar-refractivity contribution >= 4 is 0 Å². The minimum atomic E-state index is -0.676. The molecule has 3 unspecified atom stereocenters. The van der Waals surface area contributed by atoms with Gasteiger partial charge in [-0.1, -0.05) is 12.1 Å². The lowest BCUT2D eigenvalue weighted by Gasteiger charge is -2.11. The fraction of sp³-hybridized carbons (Fsp3) is 0.800. The average molecular weight is 212 g/mol. The smallest absolute Gasteiger partial charge is 0.232 e. The number of aliphatic hydroxyl groups is 1. The van der Waals surface area contributed by atoms with Gasteiger partial charge in [0.15, 0.2) is 5.82 Å². The molecule has 5 nitrogen and oxygen atoms in total. The highest BCUT2D eigenvalue weighted by molar-refractivity contribution is 5.00. The maximum Gasteiger partial charge on any atom is 0.232 e. The van der Waals surface area contributed by atoms with Crippen LogP contribution < -0.4 is 0 Å². The molecule has 0 saturated carbocycles. The predicted octanol–water partition coefficient (Wildman–Crippen LogP) is 1.41.